The van der Waals surface area contributed by atoms with Gasteiger partial charge < -0.3 is 15.2 Å². The zero-order valence-corrected chi connectivity index (χ0v) is 15.9. The predicted molar refractivity (Wildman–Crippen MR) is 103 cm³/mol. The molecular weight excluding hydrogens is 312 g/mol. The van der Waals surface area contributed by atoms with Crippen molar-refractivity contribution in [3.63, 3.8) is 0 Å². The van der Waals surface area contributed by atoms with Gasteiger partial charge >= 0.3 is 0 Å². The molecule has 0 aliphatic heterocycles. The van der Waals surface area contributed by atoms with Crippen molar-refractivity contribution in [2.75, 3.05) is 6.54 Å². The molecule has 2 N–H and O–H groups in total. The second-order valence-electron chi connectivity index (χ2n) is 6.70. The number of hydrogen-bond acceptors (Lipinski definition) is 3. The lowest BCUT2D eigenvalue weighted by Gasteiger charge is -2.24. The largest absolute Gasteiger partial charge is 0.359 e. The van der Waals surface area contributed by atoms with Gasteiger partial charge in [0.05, 0.1) is 5.69 Å². The van der Waals surface area contributed by atoms with Gasteiger partial charge in [-0.2, -0.15) is 0 Å². The Morgan fingerprint density at radius 3 is 2.48 bits per heavy atom. The first kappa shape index (κ1) is 19.0. The monoisotopic (exact) mass is 342 g/mol. The summed E-state index contributed by atoms with van der Waals surface area (Å²) in [6, 6.07) is 12.8. The van der Waals surface area contributed by atoms with E-state index in [0.717, 1.165) is 24.0 Å². The second-order valence-corrected chi connectivity index (χ2v) is 6.70. The van der Waals surface area contributed by atoms with Crippen molar-refractivity contribution < 1.29 is 4.52 Å². The maximum atomic E-state index is 5.36. The Kier molecular flexibility index (Phi) is 7.04. The maximum absolute atomic E-state index is 5.36. The van der Waals surface area contributed by atoms with Crippen molar-refractivity contribution in [1.82, 2.24) is 15.8 Å². The van der Waals surface area contributed by atoms with Crippen LogP contribution >= 0.6 is 0 Å². The van der Waals surface area contributed by atoms with Crippen molar-refractivity contribution in [2.45, 2.75) is 59.0 Å². The van der Waals surface area contributed by atoms with Gasteiger partial charge in [0.1, 0.15) is 6.54 Å². The lowest BCUT2D eigenvalue weighted by atomic mass is 9.94. The number of aromatic nitrogens is 1. The summed E-state index contributed by atoms with van der Waals surface area (Å²) in [5.41, 5.74) is 2.28. The predicted octanol–water partition coefficient (Wildman–Crippen LogP) is 4.05. The first-order valence-electron chi connectivity index (χ1n) is 9.06. The van der Waals surface area contributed by atoms with E-state index in [1.807, 2.05) is 12.1 Å². The van der Waals surface area contributed by atoms with Crippen LogP contribution in [0.5, 0.6) is 0 Å². The lowest BCUT2D eigenvalue weighted by Crippen LogP contribution is -2.44. The first-order chi connectivity index (χ1) is 12.0. The lowest BCUT2D eigenvalue weighted by molar-refractivity contribution is 0.376. The van der Waals surface area contributed by atoms with Gasteiger partial charge in [0.15, 0.2) is 11.7 Å². The van der Waals surface area contributed by atoms with Crippen molar-refractivity contribution >= 4 is 5.96 Å². The Bertz CT molecular complexity index is 663. The fourth-order valence-electron chi connectivity index (χ4n) is 2.54. The molecule has 0 saturated heterocycles. The summed E-state index contributed by atoms with van der Waals surface area (Å²) < 4.78 is 5.36. The van der Waals surface area contributed by atoms with Crippen LogP contribution in [0.2, 0.25) is 0 Å². The average Bonchev–Trinajstić information content (AvgIpc) is 3.09. The van der Waals surface area contributed by atoms with Crippen LogP contribution in [-0.4, -0.2) is 23.7 Å². The highest BCUT2D eigenvalue weighted by atomic mass is 16.5. The zero-order valence-electron chi connectivity index (χ0n) is 15.9. The van der Waals surface area contributed by atoms with Crippen molar-refractivity contribution in [2.24, 2.45) is 4.99 Å². The summed E-state index contributed by atoms with van der Waals surface area (Å²) in [5, 5.41) is 10.9. The molecule has 5 heteroatoms. The van der Waals surface area contributed by atoms with Gasteiger partial charge in [-0.25, -0.2) is 4.99 Å². The SMILES string of the molecule is CCNC(=NCc1cc(C(C)C)no1)NC(C)C(C)c1ccccc1. The summed E-state index contributed by atoms with van der Waals surface area (Å²) in [6.45, 7) is 11.9. The quantitative estimate of drug-likeness (QED) is 0.589. The molecule has 2 aromatic rings. The van der Waals surface area contributed by atoms with Crippen LogP contribution < -0.4 is 10.6 Å². The van der Waals surface area contributed by atoms with E-state index in [1.54, 1.807) is 0 Å². The van der Waals surface area contributed by atoms with Crippen LogP contribution in [0.25, 0.3) is 0 Å². The minimum absolute atomic E-state index is 0.251. The van der Waals surface area contributed by atoms with Crippen molar-refractivity contribution in [3.05, 3.63) is 53.4 Å². The summed E-state index contributed by atoms with van der Waals surface area (Å²) in [4.78, 5) is 4.63. The van der Waals surface area contributed by atoms with E-state index in [9.17, 15) is 0 Å². The summed E-state index contributed by atoms with van der Waals surface area (Å²) in [6.07, 6.45) is 0. The van der Waals surface area contributed by atoms with Gasteiger partial charge in [-0.05, 0) is 25.3 Å². The highest BCUT2D eigenvalue weighted by molar-refractivity contribution is 5.80. The van der Waals surface area contributed by atoms with Crippen LogP contribution in [0.4, 0.5) is 0 Å². The Morgan fingerprint density at radius 2 is 1.88 bits per heavy atom. The minimum atomic E-state index is 0.251. The van der Waals surface area contributed by atoms with E-state index >= 15 is 0 Å². The molecule has 0 fully saturated rings. The average molecular weight is 342 g/mol. The number of nitrogens with zero attached hydrogens (tertiary/aromatic N) is 2. The third kappa shape index (κ3) is 5.62. The molecular formula is C20H30N4O. The van der Waals surface area contributed by atoms with Crippen LogP contribution in [0, 0.1) is 0 Å². The van der Waals surface area contributed by atoms with Gasteiger partial charge in [-0.15, -0.1) is 0 Å². The summed E-state index contributed by atoms with van der Waals surface area (Å²) in [5.74, 6) is 2.31. The second kappa shape index (κ2) is 9.25. The van der Waals surface area contributed by atoms with E-state index in [0.29, 0.717) is 18.4 Å². The first-order valence-corrected chi connectivity index (χ1v) is 9.06. The molecule has 2 unspecified atom stereocenters. The minimum Gasteiger partial charge on any atom is -0.359 e. The van der Waals surface area contributed by atoms with Gasteiger partial charge in [0, 0.05) is 24.6 Å². The normalized spacial score (nSPS) is 14.4. The molecule has 0 saturated carbocycles. The van der Waals surface area contributed by atoms with Crippen LogP contribution in [0.15, 0.2) is 45.9 Å². The van der Waals surface area contributed by atoms with E-state index in [4.69, 9.17) is 4.52 Å². The van der Waals surface area contributed by atoms with Gasteiger partial charge in [0.2, 0.25) is 0 Å². The molecule has 25 heavy (non-hydrogen) atoms. The molecule has 2 rings (SSSR count). The fraction of sp³-hybridized carbons (Fsp3) is 0.500. The molecule has 5 nitrogen and oxygen atoms in total. The third-order valence-electron chi connectivity index (χ3n) is 4.35. The molecule has 1 heterocycles. The number of aliphatic imine (C=N–C) groups is 1. The van der Waals surface area contributed by atoms with E-state index < -0.39 is 0 Å². The Labute approximate surface area is 150 Å². The van der Waals surface area contributed by atoms with Crippen molar-refractivity contribution in [3.8, 4) is 0 Å². The number of nitrogens with one attached hydrogen (secondary N) is 2. The molecule has 2 atom stereocenters. The smallest absolute Gasteiger partial charge is 0.191 e. The number of rotatable bonds is 7. The molecule has 0 aliphatic carbocycles. The maximum Gasteiger partial charge on any atom is 0.191 e. The third-order valence-corrected chi connectivity index (χ3v) is 4.35. The van der Waals surface area contributed by atoms with E-state index in [2.05, 4.69) is 79.7 Å². The summed E-state index contributed by atoms with van der Waals surface area (Å²) in [7, 11) is 0. The molecule has 136 valence electrons. The highest BCUT2D eigenvalue weighted by Gasteiger charge is 2.15. The molecule has 0 spiro atoms. The molecule has 0 bridgehead atoms. The number of hydrogen-bond donors (Lipinski definition) is 2. The van der Waals surface area contributed by atoms with Gasteiger partial charge in [-0.3, -0.25) is 0 Å². The van der Waals surface area contributed by atoms with Crippen LogP contribution in [0.3, 0.4) is 0 Å². The zero-order chi connectivity index (χ0) is 18.2. The highest BCUT2D eigenvalue weighted by Crippen LogP contribution is 2.18. The molecule has 0 amide bonds. The number of benzene rings is 1. The van der Waals surface area contributed by atoms with Crippen LogP contribution in [0.1, 0.15) is 63.5 Å². The Morgan fingerprint density at radius 1 is 1.16 bits per heavy atom. The van der Waals surface area contributed by atoms with Crippen molar-refractivity contribution in [1.29, 1.82) is 0 Å². The van der Waals surface area contributed by atoms with Crippen LogP contribution in [-0.2, 0) is 6.54 Å². The fourth-order valence-corrected chi connectivity index (χ4v) is 2.54. The topological polar surface area (TPSA) is 62.5 Å². The van der Waals surface area contributed by atoms with E-state index in [-0.39, 0.29) is 6.04 Å². The van der Waals surface area contributed by atoms with Gasteiger partial charge in [-0.1, -0.05) is 56.3 Å². The molecule has 1 aromatic carbocycles. The van der Waals surface area contributed by atoms with Gasteiger partial charge in [0.25, 0.3) is 0 Å². The Balaban J connectivity index is 2.01. The Hall–Kier alpha value is -2.30. The van der Waals surface area contributed by atoms with E-state index in [1.165, 1.54) is 5.56 Å². The molecule has 1 aromatic heterocycles. The summed E-state index contributed by atoms with van der Waals surface area (Å²) >= 11 is 0. The standard InChI is InChI=1S/C20H30N4O/c1-6-21-20(22-13-18-12-19(14(2)3)24-25-18)23-16(5)15(4)17-10-8-7-9-11-17/h7-12,14-16H,6,13H2,1-5H3,(H2,21,22,23). The molecule has 0 aliphatic rings. The number of guanidine groups is 1. The molecule has 0 radical (unpaired) electrons.